The normalized spacial score (nSPS) is 9.27. The molecule has 2 aromatic heterocycles. The molecular formula is C14H9BrCl2F3I2N3O4V. The number of esters is 1. The van der Waals surface area contributed by atoms with Gasteiger partial charge in [0.05, 0.1) is 22.8 Å². The Kier molecular flexibility index (Phi) is 15.9. The number of nitrogens with two attached hydrogens (primary N) is 1. The van der Waals surface area contributed by atoms with Crippen LogP contribution in [0, 0.1) is 24.5 Å². The van der Waals surface area contributed by atoms with E-state index in [0.717, 1.165) is 7.11 Å². The van der Waals surface area contributed by atoms with Crippen molar-refractivity contribution in [2.24, 2.45) is 0 Å². The zero-order chi connectivity index (χ0) is 23.0. The van der Waals surface area contributed by atoms with Crippen LogP contribution in [-0.2, 0) is 23.3 Å². The fourth-order valence-electron chi connectivity index (χ4n) is 1.53. The molecule has 0 aliphatic rings. The minimum Gasteiger partial charge on any atom is -0.476 e. The van der Waals surface area contributed by atoms with Crippen LogP contribution in [0.4, 0.5) is 18.9 Å². The number of pyridine rings is 2. The van der Waals surface area contributed by atoms with Gasteiger partial charge in [0.25, 0.3) is 0 Å². The van der Waals surface area contributed by atoms with Crippen molar-refractivity contribution in [1.29, 1.82) is 0 Å². The number of methoxy groups -OCH3 is 1. The van der Waals surface area contributed by atoms with Crippen LogP contribution >= 0.6 is 76.4 Å². The number of carbonyl (C=O) groups is 2. The molecular weight excluding hydrogens is 787 g/mol. The van der Waals surface area contributed by atoms with E-state index in [9.17, 15) is 22.8 Å². The summed E-state index contributed by atoms with van der Waals surface area (Å²) in [5.41, 5.74) is 3.68. The maximum atomic E-state index is 12.9. The molecule has 3 N–H and O–H groups in total. The maximum absolute atomic E-state index is 12.9. The van der Waals surface area contributed by atoms with Crippen LogP contribution in [0.15, 0.2) is 4.60 Å². The number of anilines is 1. The molecule has 30 heavy (non-hydrogen) atoms. The molecule has 0 saturated heterocycles. The third-order valence-corrected chi connectivity index (χ3v) is 4.28. The molecule has 1 radical (unpaired) electrons. The van der Waals surface area contributed by atoms with Crippen LogP contribution in [-0.4, -0.2) is 34.1 Å². The van der Waals surface area contributed by atoms with Gasteiger partial charge in [-0.1, -0.05) is 23.2 Å². The number of ether oxygens (including phenoxy) is 1. The van der Waals surface area contributed by atoms with Crippen molar-refractivity contribution in [3.8, 4) is 0 Å². The summed E-state index contributed by atoms with van der Waals surface area (Å²) in [7, 11) is 1.09. The van der Waals surface area contributed by atoms with E-state index in [1.165, 1.54) is 6.92 Å². The molecule has 2 heterocycles. The first-order valence-electron chi connectivity index (χ1n) is 6.70. The van der Waals surface area contributed by atoms with E-state index in [0.29, 0.717) is 0 Å². The number of rotatable bonds is 2. The van der Waals surface area contributed by atoms with Crippen LogP contribution in [0.3, 0.4) is 0 Å². The summed E-state index contributed by atoms with van der Waals surface area (Å²) < 4.78 is 42.6. The topological polar surface area (TPSA) is 115 Å². The Morgan fingerprint density at radius 2 is 1.60 bits per heavy atom. The summed E-state index contributed by atoms with van der Waals surface area (Å²) in [5, 5.41) is 7.92. The Balaban J connectivity index is 0. The maximum Gasteiger partial charge on any atom is 0.358 e. The standard InChI is InChI=1S/C8H6ClF2NO2.C6H3BrClFN2O2.I2.V/c1-3-4(9)6(8(13)14-2)12-7(11)5(3)10;7-5-2(9)3(10)1(8)4(11-5)6(12)13;1-2;/h1-2H3;(H2,10,11)(H,12,13);;. The molecule has 2 rings (SSSR count). The van der Waals surface area contributed by atoms with Crippen molar-refractivity contribution in [2.75, 3.05) is 12.8 Å². The van der Waals surface area contributed by atoms with E-state index >= 15 is 0 Å². The first-order chi connectivity index (χ1) is 13.4. The van der Waals surface area contributed by atoms with Crippen LogP contribution in [0.5, 0.6) is 0 Å². The molecule has 0 aliphatic carbocycles. The zero-order valence-corrected chi connectivity index (χ0v) is 23.4. The van der Waals surface area contributed by atoms with Gasteiger partial charge in [-0.25, -0.2) is 28.3 Å². The Bertz CT molecular complexity index is 948. The number of carboxylic acids is 1. The molecule has 165 valence electrons. The van der Waals surface area contributed by atoms with Crippen molar-refractivity contribution in [1.82, 2.24) is 9.97 Å². The van der Waals surface area contributed by atoms with Gasteiger partial charge in [0.2, 0.25) is 5.95 Å². The second-order valence-electron chi connectivity index (χ2n) is 4.59. The van der Waals surface area contributed by atoms with E-state index in [4.69, 9.17) is 34.0 Å². The minimum absolute atomic E-state index is 0. The van der Waals surface area contributed by atoms with Crippen LogP contribution in [0.25, 0.3) is 0 Å². The molecule has 0 bridgehead atoms. The number of aromatic carboxylic acids is 1. The number of nitrogens with zero attached hydrogens (tertiary/aromatic N) is 2. The molecule has 0 amide bonds. The van der Waals surface area contributed by atoms with E-state index in [1.807, 2.05) is 0 Å². The van der Waals surface area contributed by atoms with Gasteiger partial charge in [-0.15, -0.1) is 0 Å². The van der Waals surface area contributed by atoms with Gasteiger partial charge in [-0.05, 0) is 22.9 Å². The third-order valence-electron chi connectivity index (χ3n) is 2.91. The van der Waals surface area contributed by atoms with E-state index < -0.39 is 51.6 Å². The van der Waals surface area contributed by atoms with Crippen LogP contribution in [0.1, 0.15) is 26.5 Å². The number of nitrogen functional groups attached to an aromatic ring is 1. The summed E-state index contributed by atoms with van der Waals surface area (Å²) in [6, 6.07) is 0. The van der Waals surface area contributed by atoms with Crippen molar-refractivity contribution >= 4 is 94.0 Å². The molecule has 16 heteroatoms. The number of aromatic nitrogens is 2. The predicted molar refractivity (Wildman–Crippen MR) is 122 cm³/mol. The Morgan fingerprint density at radius 3 is 2.03 bits per heavy atom. The van der Waals surface area contributed by atoms with Gasteiger partial charge in [0.1, 0.15) is 4.60 Å². The second-order valence-corrected chi connectivity index (χ2v) is 6.10. The van der Waals surface area contributed by atoms with Crippen molar-refractivity contribution < 1.29 is 51.2 Å². The molecule has 0 fully saturated rings. The fourth-order valence-corrected chi connectivity index (χ4v) is 2.33. The molecule has 0 spiro atoms. The fraction of sp³-hybridized carbons (Fsp3) is 0.143. The van der Waals surface area contributed by atoms with E-state index in [2.05, 4.69) is 67.9 Å². The van der Waals surface area contributed by atoms with Crippen LogP contribution < -0.4 is 5.73 Å². The van der Waals surface area contributed by atoms with Crippen LogP contribution in [0.2, 0.25) is 10.0 Å². The van der Waals surface area contributed by atoms with Gasteiger partial charge >= 0.3 is 11.9 Å². The largest absolute Gasteiger partial charge is 0.476 e. The van der Waals surface area contributed by atoms with E-state index in [1.54, 1.807) is 0 Å². The van der Waals surface area contributed by atoms with Gasteiger partial charge in [0.15, 0.2) is 23.0 Å². The van der Waals surface area contributed by atoms with Gasteiger partial charge < -0.3 is 15.6 Å². The first-order valence-corrected chi connectivity index (χ1v) is 14.5. The van der Waals surface area contributed by atoms with E-state index in [-0.39, 0.29) is 33.7 Å². The second kappa shape index (κ2) is 14.9. The summed E-state index contributed by atoms with van der Waals surface area (Å²) in [4.78, 5) is 27.9. The average Bonchev–Trinajstić information content (AvgIpc) is 2.71. The zero-order valence-electron chi connectivity index (χ0n) is 14.6. The number of halogens is 8. The molecule has 0 aromatic carbocycles. The Hall–Kier alpha value is -0.0656. The van der Waals surface area contributed by atoms with Gasteiger partial charge in [0, 0.05) is 61.4 Å². The first kappa shape index (κ1) is 32.1. The third kappa shape index (κ3) is 8.13. The smallest absolute Gasteiger partial charge is 0.358 e. The summed E-state index contributed by atoms with van der Waals surface area (Å²) in [6.07, 6.45) is 0. The monoisotopic (exact) mass is 794 g/mol. The van der Waals surface area contributed by atoms with Crippen molar-refractivity contribution in [3.63, 3.8) is 0 Å². The van der Waals surface area contributed by atoms with Crippen molar-refractivity contribution in [2.45, 2.75) is 6.92 Å². The summed E-state index contributed by atoms with van der Waals surface area (Å²) in [5.74, 6) is -5.67. The molecule has 0 unspecified atom stereocenters. The minimum atomic E-state index is -1.37. The van der Waals surface area contributed by atoms with Gasteiger partial charge in [-0.3, -0.25) is 0 Å². The molecule has 7 nitrogen and oxygen atoms in total. The Morgan fingerprint density at radius 1 is 1.10 bits per heavy atom. The number of carboxylic acid groups (broad SMARTS) is 1. The summed E-state index contributed by atoms with van der Waals surface area (Å²) in [6.45, 7) is 1.24. The number of hydrogen-bond acceptors (Lipinski definition) is 6. The predicted octanol–water partition coefficient (Wildman–Crippen LogP) is 5.79. The molecule has 0 aliphatic heterocycles. The van der Waals surface area contributed by atoms with Crippen molar-refractivity contribution in [3.05, 3.63) is 49.2 Å². The molecule has 0 saturated carbocycles. The molecule has 0 atom stereocenters. The number of hydrogen-bond donors (Lipinski definition) is 2. The average molecular weight is 796 g/mol. The quantitative estimate of drug-likeness (QED) is 0.225. The summed E-state index contributed by atoms with van der Waals surface area (Å²) >= 11 is 18.0. The van der Waals surface area contributed by atoms with Gasteiger partial charge in [-0.2, -0.15) is 4.39 Å². The Labute approximate surface area is 222 Å². The number of carbonyl (C=O) groups excluding carboxylic acids is 1. The molecule has 2 aromatic rings. The SMILES string of the molecule is COC(=O)c1nc(F)c(F)c(C)c1Cl.II.Nc1c(F)c(Br)nc(C(=O)O)c1Cl.[V].